The van der Waals surface area contributed by atoms with Crippen LogP contribution in [0, 0.1) is 29.6 Å². The molecule has 7 amide bonds. The first kappa shape index (κ1) is 49.8. The van der Waals surface area contributed by atoms with Crippen LogP contribution in [-0.4, -0.2) is 95.7 Å². The summed E-state index contributed by atoms with van der Waals surface area (Å²) < 4.78 is 5.60. The van der Waals surface area contributed by atoms with E-state index in [0.717, 1.165) is 0 Å². The smallest absolute Gasteiger partial charge is 0.328 e. The van der Waals surface area contributed by atoms with Crippen LogP contribution >= 0.6 is 0 Å². The Labute approximate surface area is 333 Å². The van der Waals surface area contributed by atoms with Gasteiger partial charge in [-0.3, -0.25) is 33.6 Å². The fourth-order valence-corrected chi connectivity index (χ4v) is 6.08. The Hall–Kier alpha value is -4.24. The predicted molar refractivity (Wildman–Crippen MR) is 212 cm³/mol. The summed E-state index contributed by atoms with van der Waals surface area (Å²) in [6.45, 7) is 23.1. The Kier molecular flexibility index (Phi) is 21.1. The average Bonchev–Trinajstić information content (AvgIpc) is 3.06. The number of nitrogens with one attached hydrogen (secondary N) is 7. The van der Waals surface area contributed by atoms with Gasteiger partial charge in [-0.05, 0) is 82.5 Å². The highest BCUT2D eigenvalue weighted by molar-refractivity contribution is 5.97. The highest BCUT2D eigenvalue weighted by atomic mass is 16.5. The molecular formula is C40H71N7O9. The van der Waals surface area contributed by atoms with E-state index in [2.05, 4.69) is 37.2 Å². The average molecular weight is 794 g/mol. The molecule has 56 heavy (non-hydrogen) atoms. The summed E-state index contributed by atoms with van der Waals surface area (Å²) in [5, 5.41) is 18.8. The van der Waals surface area contributed by atoms with E-state index in [9.17, 15) is 38.4 Å². The third kappa shape index (κ3) is 18.1. The first-order valence-electron chi connectivity index (χ1n) is 20.2. The summed E-state index contributed by atoms with van der Waals surface area (Å²) in [6, 6.07) is -8.20. The van der Waals surface area contributed by atoms with E-state index in [1.165, 1.54) is 20.8 Å². The van der Waals surface area contributed by atoms with Gasteiger partial charge >= 0.3 is 5.97 Å². The molecule has 0 spiro atoms. The number of esters is 1. The van der Waals surface area contributed by atoms with Gasteiger partial charge in [-0.15, -0.1) is 0 Å². The quantitative estimate of drug-likeness (QED) is 0.143. The Morgan fingerprint density at radius 2 is 0.839 bits per heavy atom. The fourth-order valence-electron chi connectivity index (χ4n) is 6.08. The Morgan fingerprint density at radius 3 is 1.20 bits per heavy atom. The van der Waals surface area contributed by atoms with Crippen LogP contribution in [0.1, 0.15) is 129 Å². The molecule has 0 unspecified atom stereocenters. The van der Waals surface area contributed by atoms with Gasteiger partial charge in [0.25, 0.3) is 0 Å². The summed E-state index contributed by atoms with van der Waals surface area (Å²) in [5.41, 5.74) is 0. The molecule has 1 rings (SSSR count). The van der Waals surface area contributed by atoms with E-state index in [0.29, 0.717) is 6.42 Å². The molecular weight excluding hydrogens is 722 g/mol. The molecule has 0 radical (unpaired) electrons. The van der Waals surface area contributed by atoms with Gasteiger partial charge in [-0.2, -0.15) is 0 Å². The molecule has 1 fully saturated rings. The van der Waals surface area contributed by atoms with Crippen LogP contribution in [-0.2, 0) is 43.1 Å². The molecule has 16 heteroatoms. The van der Waals surface area contributed by atoms with Crippen molar-refractivity contribution in [1.82, 2.24) is 37.2 Å². The van der Waals surface area contributed by atoms with Crippen LogP contribution in [0.5, 0.6) is 0 Å². The third-order valence-corrected chi connectivity index (χ3v) is 9.14. The van der Waals surface area contributed by atoms with Crippen LogP contribution in [0.4, 0.5) is 0 Å². The first-order chi connectivity index (χ1) is 25.9. The SMILES string of the molecule is CC(C)CCC(=O)N[C@@H]1C(=O)N[C@@H](C)C(=O)N[C@@H](CC(C)C)C(=O)N[C@H](CC(C)C)C(=O)N[C@H](CC(C)C)C(=O)N[C@@H](CC(C)C)C(=O)N[C@@H](C)C(=O)O[C@@H]1C. The largest absolute Gasteiger partial charge is 0.458 e. The molecule has 16 nitrogen and oxygen atoms in total. The number of carbonyl (C=O) groups is 8. The van der Waals surface area contributed by atoms with E-state index in [-0.39, 0.29) is 61.7 Å². The summed E-state index contributed by atoms with van der Waals surface area (Å²) in [7, 11) is 0. The van der Waals surface area contributed by atoms with Gasteiger partial charge in [0.1, 0.15) is 48.4 Å². The van der Waals surface area contributed by atoms with E-state index < -0.39 is 95.7 Å². The van der Waals surface area contributed by atoms with Crippen molar-refractivity contribution >= 4 is 47.3 Å². The van der Waals surface area contributed by atoms with Crippen molar-refractivity contribution in [2.45, 2.75) is 177 Å². The minimum absolute atomic E-state index is 0.0474. The van der Waals surface area contributed by atoms with Crippen molar-refractivity contribution in [3.63, 3.8) is 0 Å². The lowest BCUT2D eigenvalue weighted by molar-refractivity contribution is -0.155. The zero-order chi connectivity index (χ0) is 43.0. The standard InChI is InChI=1S/C40H71N7O9/c1-20(2)14-15-32(48)47-33-27(13)56-40(55)26(12)42-35(50)28(16-21(3)4)44-37(52)30(18-23(7)8)46-38(53)31(19-24(9)10)45-36(51)29(17-22(5)6)43-34(49)25(11)41-39(33)54/h20-31,33H,14-19H2,1-13H3,(H,41,54)(H,42,50)(H,43,49)(H,44,52)(H,45,51)(H,46,53)(H,47,48)/t25-,26-,27+,28-,29-,30+,31+,33-/m0/s1. The lowest BCUT2D eigenvalue weighted by Gasteiger charge is -2.30. The van der Waals surface area contributed by atoms with Crippen LogP contribution in [0.3, 0.4) is 0 Å². The second-order valence-corrected chi connectivity index (χ2v) is 17.3. The number of rotatable bonds is 12. The summed E-state index contributed by atoms with van der Waals surface area (Å²) >= 11 is 0. The second-order valence-electron chi connectivity index (χ2n) is 17.3. The van der Waals surface area contributed by atoms with E-state index in [1.807, 2.05) is 69.2 Å². The third-order valence-electron chi connectivity index (χ3n) is 9.14. The van der Waals surface area contributed by atoms with Crippen molar-refractivity contribution < 1.29 is 43.1 Å². The molecule has 0 aromatic carbocycles. The van der Waals surface area contributed by atoms with Gasteiger partial charge in [-0.1, -0.05) is 69.2 Å². The summed E-state index contributed by atoms with van der Waals surface area (Å²) in [6.07, 6.45) is 0.219. The van der Waals surface area contributed by atoms with Crippen LogP contribution in [0.15, 0.2) is 0 Å². The monoisotopic (exact) mass is 794 g/mol. The molecule has 0 saturated carbocycles. The van der Waals surface area contributed by atoms with Crippen LogP contribution in [0.25, 0.3) is 0 Å². The lowest BCUT2D eigenvalue weighted by atomic mass is 9.98. The summed E-state index contributed by atoms with van der Waals surface area (Å²) in [5.74, 6) is -5.46. The molecule has 8 atom stereocenters. The minimum Gasteiger partial charge on any atom is -0.458 e. The zero-order valence-corrected chi connectivity index (χ0v) is 35.9. The van der Waals surface area contributed by atoms with Gasteiger partial charge in [0.2, 0.25) is 41.4 Å². The zero-order valence-electron chi connectivity index (χ0n) is 35.9. The maximum absolute atomic E-state index is 13.9. The van der Waals surface area contributed by atoms with Gasteiger partial charge in [0.15, 0.2) is 0 Å². The molecule has 1 aliphatic heterocycles. The predicted octanol–water partition coefficient (Wildman–Crippen LogP) is 1.99. The Balaban J connectivity index is 3.75. The van der Waals surface area contributed by atoms with Crippen molar-refractivity contribution in [3.8, 4) is 0 Å². The van der Waals surface area contributed by atoms with E-state index in [1.54, 1.807) is 0 Å². The maximum atomic E-state index is 13.9. The molecule has 0 aromatic heterocycles. The first-order valence-corrected chi connectivity index (χ1v) is 20.2. The van der Waals surface area contributed by atoms with E-state index in [4.69, 9.17) is 4.74 Å². The number of carbonyl (C=O) groups excluding carboxylic acids is 8. The van der Waals surface area contributed by atoms with Crippen molar-refractivity contribution in [3.05, 3.63) is 0 Å². The molecule has 1 heterocycles. The lowest BCUT2D eigenvalue weighted by Crippen LogP contribution is -2.61. The topological polar surface area (TPSA) is 230 Å². The molecule has 0 aliphatic carbocycles. The van der Waals surface area contributed by atoms with Gasteiger partial charge < -0.3 is 42.0 Å². The van der Waals surface area contributed by atoms with Crippen LogP contribution in [0.2, 0.25) is 0 Å². The second kappa shape index (κ2) is 23.7. The number of hydrogen-bond acceptors (Lipinski definition) is 9. The van der Waals surface area contributed by atoms with Crippen molar-refractivity contribution in [2.75, 3.05) is 0 Å². The van der Waals surface area contributed by atoms with Crippen LogP contribution < -0.4 is 37.2 Å². The highest BCUT2D eigenvalue weighted by Gasteiger charge is 2.36. The molecule has 320 valence electrons. The normalized spacial score (nSPS) is 27.1. The van der Waals surface area contributed by atoms with Gasteiger partial charge in [0, 0.05) is 6.42 Å². The molecule has 7 N–H and O–H groups in total. The molecule has 0 bridgehead atoms. The number of cyclic esters (lactones) is 1. The Bertz CT molecular complexity index is 1370. The summed E-state index contributed by atoms with van der Waals surface area (Å²) in [4.78, 5) is 109. The minimum atomic E-state index is -1.43. The van der Waals surface area contributed by atoms with Gasteiger partial charge in [0.05, 0.1) is 0 Å². The fraction of sp³-hybridized carbons (Fsp3) is 0.800. The molecule has 1 aliphatic rings. The van der Waals surface area contributed by atoms with Crippen molar-refractivity contribution in [2.24, 2.45) is 29.6 Å². The number of ether oxygens (including phenoxy) is 1. The highest BCUT2D eigenvalue weighted by Crippen LogP contribution is 2.14. The van der Waals surface area contributed by atoms with Crippen molar-refractivity contribution in [1.29, 1.82) is 0 Å². The molecule has 0 aromatic rings. The van der Waals surface area contributed by atoms with Gasteiger partial charge in [-0.25, -0.2) is 4.79 Å². The number of hydrogen-bond donors (Lipinski definition) is 7. The van der Waals surface area contributed by atoms with E-state index >= 15 is 0 Å². The maximum Gasteiger partial charge on any atom is 0.328 e. The number of amides is 7. The molecule has 1 saturated heterocycles. The Morgan fingerprint density at radius 1 is 0.500 bits per heavy atom.